The van der Waals surface area contributed by atoms with Crippen molar-refractivity contribution in [2.24, 2.45) is 11.8 Å². The van der Waals surface area contributed by atoms with E-state index in [4.69, 9.17) is 14.0 Å². The van der Waals surface area contributed by atoms with Gasteiger partial charge in [0.15, 0.2) is 11.5 Å². The smallest absolute Gasteiger partial charge is 0.241 e. The number of amides is 1. The topological polar surface area (TPSA) is 93.0 Å². The molecule has 0 saturated carbocycles. The molecule has 9 nitrogen and oxygen atoms in total. The summed E-state index contributed by atoms with van der Waals surface area (Å²) in [6.07, 6.45) is 4.19. The Kier molecular flexibility index (Phi) is 9.34. The molecule has 2 fully saturated rings. The van der Waals surface area contributed by atoms with E-state index in [1.54, 1.807) is 14.2 Å². The van der Waals surface area contributed by atoms with Gasteiger partial charge in [-0.3, -0.25) is 14.6 Å². The quantitative estimate of drug-likeness (QED) is 0.396. The predicted octanol–water partition coefficient (Wildman–Crippen LogP) is 4.51. The molecule has 3 heterocycles. The molecular weight excluding hydrogens is 506 g/mol. The van der Waals surface area contributed by atoms with Crippen LogP contribution in [0.5, 0.6) is 11.5 Å². The monoisotopic (exact) mass is 547 g/mol. The molecule has 0 spiro atoms. The molecule has 5 rings (SSSR count). The lowest BCUT2D eigenvalue weighted by Crippen LogP contribution is -2.40. The number of rotatable bonds is 10. The Morgan fingerprint density at radius 1 is 0.925 bits per heavy atom. The summed E-state index contributed by atoms with van der Waals surface area (Å²) >= 11 is 0. The zero-order valence-electron chi connectivity index (χ0n) is 23.9. The van der Waals surface area contributed by atoms with Crippen molar-refractivity contribution in [1.82, 2.24) is 25.3 Å². The molecule has 2 aliphatic rings. The lowest BCUT2D eigenvalue weighted by Gasteiger charge is -2.30. The number of nitrogens with one attached hydrogen (secondary N) is 1. The van der Waals surface area contributed by atoms with Crippen LogP contribution in [0.4, 0.5) is 0 Å². The van der Waals surface area contributed by atoms with Crippen molar-refractivity contribution in [3.8, 4) is 22.9 Å². The van der Waals surface area contributed by atoms with Crippen molar-refractivity contribution in [3.63, 3.8) is 0 Å². The second-order valence-corrected chi connectivity index (χ2v) is 11.1. The van der Waals surface area contributed by atoms with Crippen LogP contribution in [0.25, 0.3) is 11.4 Å². The maximum Gasteiger partial charge on any atom is 0.241 e. The van der Waals surface area contributed by atoms with Gasteiger partial charge in [0.2, 0.25) is 17.6 Å². The Hall–Kier alpha value is -3.43. The zero-order chi connectivity index (χ0) is 27.9. The number of aromatic nitrogens is 2. The van der Waals surface area contributed by atoms with E-state index in [0.717, 1.165) is 49.5 Å². The van der Waals surface area contributed by atoms with Gasteiger partial charge in [-0.05, 0) is 87.1 Å². The van der Waals surface area contributed by atoms with Crippen LogP contribution in [-0.2, 0) is 24.4 Å². The number of hydrogen-bond donors (Lipinski definition) is 1. The third-order valence-corrected chi connectivity index (χ3v) is 8.17. The molecule has 40 heavy (non-hydrogen) atoms. The van der Waals surface area contributed by atoms with Gasteiger partial charge in [-0.2, -0.15) is 4.98 Å². The van der Waals surface area contributed by atoms with Crippen LogP contribution in [0, 0.1) is 11.8 Å². The molecule has 2 saturated heterocycles. The minimum absolute atomic E-state index is 0.0276. The molecule has 3 aromatic rings. The standard InChI is InChI=1S/C31H41N5O4/c1-22-9-13-35(14-10-22)20-24-6-4-5-23(17-24)19-32-31(37)25-11-15-36(16-12-25)21-29-33-30(34-40-29)26-7-8-27(38-2)28(18-26)39-3/h4-8,17-18,22,25H,9-16,19-21H2,1-3H3,(H,32,37). The van der Waals surface area contributed by atoms with Gasteiger partial charge in [-0.25, -0.2) is 0 Å². The number of piperidine rings is 2. The van der Waals surface area contributed by atoms with Crippen LogP contribution in [0.1, 0.15) is 49.6 Å². The highest BCUT2D eigenvalue weighted by Crippen LogP contribution is 2.31. The summed E-state index contributed by atoms with van der Waals surface area (Å²) < 4.78 is 16.2. The Labute approximate surface area is 236 Å². The van der Waals surface area contributed by atoms with Gasteiger partial charge in [0, 0.05) is 24.6 Å². The van der Waals surface area contributed by atoms with Crippen LogP contribution in [0.3, 0.4) is 0 Å². The molecule has 2 aliphatic heterocycles. The van der Waals surface area contributed by atoms with Crippen molar-refractivity contribution in [2.75, 3.05) is 40.4 Å². The van der Waals surface area contributed by atoms with Crippen LogP contribution in [0.15, 0.2) is 47.0 Å². The second kappa shape index (κ2) is 13.3. The summed E-state index contributed by atoms with van der Waals surface area (Å²) in [5, 5.41) is 7.32. The highest BCUT2D eigenvalue weighted by molar-refractivity contribution is 5.78. The lowest BCUT2D eigenvalue weighted by molar-refractivity contribution is -0.126. The third kappa shape index (κ3) is 7.20. The summed E-state index contributed by atoms with van der Waals surface area (Å²) in [4.78, 5) is 22.3. The fourth-order valence-corrected chi connectivity index (χ4v) is 5.61. The molecule has 9 heteroatoms. The number of hydrogen-bond acceptors (Lipinski definition) is 8. The molecule has 1 N–H and O–H groups in total. The Bertz CT molecular complexity index is 1260. The molecule has 1 aromatic heterocycles. The van der Waals surface area contributed by atoms with Gasteiger partial charge in [-0.15, -0.1) is 0 Å². The first-order valence-electron chi connectivity index (χ1n) is 14.4. The van der Waals surface area contributed by atoms with E-state index >= 15 is 0 Å². The third-order valence-electron chi connectivity index (χ3n) is 8.17. The predicted molar refractivity (Wildman–Crippen MR) is 153 cm³/mol. The minimum atomic E-state index is 0.0276. The van der Waals surface area contributed by atoms with E-state index < -0.39 is 0 Å². The fourth-order valence-electron chi connectivity index (χ4n) is 5.61. The van der Waals surface area contributed by atoms with Crippen LogP contribution in [0.2, 0.25) is 0 Å². The number of carbonyl (C=O) groups is 1. The average Bonchev–Trinajstić information content (AvgIpc) is 3.45. The number of methoxy groups -OCH3 is 2. The molecular formula is C31H41N5O4. The highest BCUT2D eigenvalue weighted by atomic mass is 16.5. The second-order valence-electron chi connectivity index (χ2n) is 11.1. The van der Waals surface area contributed by atoms with Gasteiger partial charge in [-0.1, -0.05) is 36.3 Å². The molecule has 0 unspecified atom stereocenters. The van der Waals surface area contributed by atoms with Crippen molar-refractivity contribution >= 4 is 5.91 Å². The van der Waals surface area contributed by atoms with Gasteiger partial charge >= 0.3 is 0 Å². The molecule has 0 aliphatic carbocycles. The zero-order valence-corrected chi connectivity index (χ0v) is 23.9. The van der Waals surface area contributed by atoms with Crippen molar-refractivity contribution in [3.05, 3.63) is 59.5 Å². The molecule has 2 aromatic carbocycles. The Balaban J connectivity index is 1.06. The molecule has 214 valence electrons. The van der Waals surface area contributed by atoms with Crippen LogP contribution >= 0.6 is 0 Å². The van der Waals surface area contributed by atoms with E-state index in [0.29, 0.717) is 36.3 Å². The summed E-state index contributed by atoms with van der Waals surface area (Å²) in [5.41, 5.74) is 3.29. The maximum absolute atomic E-state index is 12.9. The maximum atomic E-state index is 12.9. The van der Waals surface area contributed by atoms with Crippen LogP contribution < -0.4 is 14.8 Å². The molecule has 1 amide bonds. The number of carbonyl (C=O) groups excluding carboxylic acids is 1. The normalized spacial score (nSPS) is 17.6. The molecule has 0 bridgehead atoms. The first-order valence-corrected chi connectivity index (χ1v) is 14.4. The Morgan fingerprint density at radius 3 is 2.38 bits per heavy atom. The van der Waals surface area contributed by atoms with Gasteiger partial charge in [0.1, 0.15) is 0 Å². The van der Waals surface area contributed by atoms with E-state index in [1.165, 1.54) is 31.5 Å². The summed E-state index contributed by atoms with van der Waals surface area (Å²) in [7, 11) is 3.20. The van der Waals surface area contributed by atoms with E-state index in [2.05, 4.69) is 56.4 Å². The number of likely N-dealkylation sites (tertiary alicyclic amines) is 2. The lowest BCUT2D eigenvalue weighted by atomic mass is 9.95. The van der Waals surface area contributed by atoms with Crippen molar-refractivity contribution in [1.29, 1.82) is 0 Å². The minimum Gasteiger partial charge on any atom is -0.493 e. The van der Waals surface area contributed by atoms with Gasteiger partial charge in [0.05, 0.1) is 20.8 Å². The first kappa shape index (κ1) is 28.1. The summed E-state index contributed by atoms with van der Waals surface area (Å²) in [5.74, 6) is 3.35. The van der Waals surface area contributed by atoms with E-state index in [9.17, 15) is 4.79 Å². The Morgan fingerprint density at radius 2 is 1.62 bits per heavy atom. The number of ether oxygens (including phenoxy) is 2. The van der Waals surface area contributed by atoms with Crippen molar-refractivity contribution in [2.45, 2.75) is 52.2 Å². The number of nitrogens with zero attached hydrogens (tertiary/aromatic N) is 4. The summed E-state index contributed by atoms with van der Waals surface area (Å²) in [6, 6.07) is 14.2. The van der Waals surface area contributed by atoms with Crippen LogP contribution in [-0.4, -0.2) is 66.2 Å². The van der Waals surface area contributed by atoms with Gasteiger partial charge < -0.3 is 19.3 Å². The number of benzene rings is 2. The van der Waals surface area contributed by atoms with Crippen molar-refractivity contribution < 1.29 is 18.8 Å². The van der Waals surface area contributed by atoms with Gasteiger partial charge in [0.25, 0.3) is 0 Å². The SMILES string of the molecule is COc1ccc(-c2noc(CN3CCC(C(=O)NCc4cccc(CN5CCC(C)CC5)c4)CC3)n2)cc1OC. The highest BCUT2D eigenvalue weighted by Gasteiger charge is 2.26. The summed E-state index contributed by atoms with van der Waals surface area (Å²) in [6.45, 7) is 8.45. The first-order chi connectivity index (χ1) is 19.5. The largest absolute Gasteiger partial charge is 0.493 e. The molecule has 0 radical (unpaired) electrons. The fraction of sp³-hybridized carbons (Fsp3) is 0.516. The van der Waals surface area contributed by atoms with E-state index in [1.807, 2.05) is 18.2 Å². The average molecular weight is 548 g/mol. The van der Waals surface area contributed by atoms with E-state index in [-0.39, 0.29) is 11.8 Å². The molecule has 0 atom stereocenters.